The van der Waals surface area contributed by atoms with Gasteiger partial charge in [0.15, 0.2) is 17.2 Å². The van der Waals surface area contributed by atoms with Crippen molar-refractivity contribution in [2.75, 3.05) is 12.9 Å². The maximum absolute atomic E-state index is 13.8. The SMILES string of the molecule is CSc1ccc([C@H]2C(C(=O)OC(C)C)=C(C)N=c3s/c(=C\c4cc(Cl)c(OCC(=O)O)c(Cl)c4)c(=O)n32)cc1. The summed E-state index contributed by atoms with van der Waals surface area (Å²) in [4.78, 5) is 43.9. The maximum atomic E-state index is 13.8. The molecule has 0 radical (unpaired) electrons. The second kappa shape index (κ2) is 12.0. The predicted molar refractivity (Wildman–Crippen MR) is 153 cm³/mol. The van der Waals surface area contributed by atoms with Crippen LogP contribution in [0.2, 0.25) is 10.0 Å². The number of rotatable bonds is 8. The van der Waals surface area contributed by atoms with E-state index >= 15 is 0 Å². The van der Waals surface area contributed by atoms with Crippen LogP contribution in [0, 0.1) is 0 Å². The van der Waals surface area contributed by atoms with Crippen molar-refractivity contribution < 1.29 is 24.2 Å². The Hall–Kier alpha value is -3.05. The first-order valence-electron chi connectivity index (χ1n) is 11.7. The van der Waals surface area contributed by atoms with Gasteiger partial charge >= 0.3 is 11.9 Å². The Kier molecular flexibility index (Phi) is 8.90. The molecular formula is C27H24Cl2N2O6S2. The van der Waals surface area contributed by atoms with Gasteiger partial charge in [0.1, 0.15) is 0 Å². The first-order chi connectivity index (χ1) is 18.5. The van der Waals surface area contributed by atoms with E-state index in [0.717, 1.165) is 10.5 Å². The molecule has 1 aliphatic rings. The van der Waals surface area contributed by atoms with Crippen molar-refractivity contribution in [2.24, 2.45) is 4.99 Å². The molecule has 204 valence electrons. The van der Waals surface area contributed by atoms with E-state index in [1.54, 1.807) is 38.6 Å². The number of carboxylic acids is 1. The van der Waals surface area contributed by atoms with Crippen LogP contribution in [0.15, 0.2) is 62.4 Å². The van der Waals surface area contributed by atoms with Crippen LogP contribution < -0.4 is 19.6 Å². The Bertz CT molecular complexity index is 1640. The Labute approximate surface area is 242 Å². The van der Waals surface area contributed by atoms with Gasteiger partial charge in [-0.25, -0.2) is 14.6 Å². The fourth-order valence-corrected chi connectivity index (χ4v) is 6.12. The molecule has 0 amide bonds. The molecule has 0 saturated heterocycles. The normalized spacial score (nSPS) is 15.3. The number of esters is 1. The lowest BCUT2D eigenvalue weighted by molar-refractivity contribution is -0.143. The van der Waals surface area contributed by atoms with E-state index in [9.17, 15) is 14.4 Å². The molecule has 39 heavy (non-hydrogen) atoms. The number of carbonyl (C=O) groups is 2. The zero-order valence-electron chi connectivity index (χ0n) is 21.4. The molecule has 1 aliphatic heterocycles. The number of thiazole rings is 1. The molecule has 8 nitrogen and oxygen atoms in total. The summed E-state index contributed by atoms with van der Waals surface area (Å²) in [6.45, 7) is 4.65. The number of nitrogens with zero attached hydrogens (tertiary/aromatic N) is 2. The van der Waals surface area contributed by atoms with Gasteiger partial charge in [-0.15, -0.1) is 11.8 Å². The van der Waals surface area contributed by atoms with Crippen molar-refractivity contribution in [3.05, 3.63) is 88.5 Å². The smallest absolute Gasteiger partial charge is 0.341 e. The van der Waals surface area contributed by atoms with Crippen molar-refractivity contribution in [2.45, 2.75) is 37.8 Å². The lowest BCUT2D eigenvalue weighted by Crippen LogP contribution is -2.40. The van der Waals surface area contributed by atoms with Crippen molar-refractivity contribution in [3.63, 3.8) is 0 Å². The highest BCUT2D eigenvalue weighted by molar-refractivity contribution is 7.98. The number of carboxylic acid groups (broad SMARTS) is 1. The number of hydrogen-bond donors (Lipinski definition) is 1. The van der Waals surface area contributed by atoms with E-state index in [0.29, 0.717) is 26.2 Å². The van der Waals surface area contributed by atoms with Crippen LogP contribution in [-0.2, 0) is 14.3 Å². The van der Waals surface area contributed by atoms with Crippen molar-refractivity contribution in [1.29, 1.82) is 0 Å². The minimum absolute atomic E-state index is 0.0389. The Balaban J connectivity index is 1.86. The Morgan fingerprint density at radius 2 is 1.85 bits per heavy atom. The summed E-state index contributed by atoms with van der Waals surface area (Å²) >= 11 is 15.3. The third-order valence-electron chi connectivity index (χ3n) is 5.67. The molecule has 2 heterocycles. The van der Waals surface area contributed by atoms with E-state index in [1.807, 2.05) is 30.5 Å². The molecule has 0 saturated carbocycles. The van der Waals surface area contributed by atoms with E-state index in [1.165, 1.54) is 28.0 Å². The molecule has 1 atom stereocenters. The number of halogens is 2. The molecule has 12 heteroatoms. The van der Waals surface area contributed by atoms with Gasteiger partial charge in [-0.05, 0) is 68.5 Å². The lowest BCUT2D eigenvalue weighted by atomic mass is 9.96. The van der Waals surface area contributed by atoms with Gasteiger partial charge < -0.3 is 14.6 Å². The summed E-state index contributed by atoms with van der Waals surface area (Å²) in [6, 6.07) is 9.98. The quantitative estimate of drug-likeness (QED) is 0.293. The molecular weight excluding hydrogens is 583 g/mol. The third-order valence-corrected chi connectivity index (χ3v) is 7.96. The molecule has 0 bridgehead atoms. The fraction of sp³-hybridized carbons (Fsp3) is 0.259. The maximum Gasteiger partial charge on any atom is 0.341 e. The predicted octanol–water partition coefficient (Wildman–Crippen LogP) is 4.68. The first kappa shape index (κ1) is 28.9. The van der Waals surface area contributed by atoms with Gasteiger partial charge in [0.05, 0.1) is 38.0 Å². The summed E-state index contributed by atoms with van der Waals surface area (Å²) in [7, 11) is 0. The third kappa shape index (κ3) is 6.24. The molecule has 3 aromatic rings. The molecule has 0 fully saturated rings. The summed E-state index contributed by atoms with van der Waals surface area (Å²) in [5.41, 5.74) is 1.67. The number of allylic oxidation sites excluding steroid dienone is 1. The Morgan fingerprint density at radius 1 is 1.21 bits per heavy atom. The van der Waals surface area contributed by atoms with Crippen molar-refractivity contribution in [3.8, 4) is 5.75 Å². The fourth-order valence-electron chi connectivity index (χ4n) is 4.05. The molecule has 0 unspecified atom stereocenters. The second-order valence-electron chi connectivity index (χ2n) is 8.81. The van der Waals surface area contributed by atoms with E-state index in [-0.39, 0.29) is 27.5 Å². The molecule has 1 N–H and O–H groups in total. The lowest BCUT2D eigenvalue weighted by Gasteiger charge is -2.25. The highest BCUT2D eigenvalue weighted by Gasteiger charge is 2.33. The number of thioether (sulfide) groups is 1. The average Bonchev–Trinajstić information content (AvgIpc) is 3.16. The van der Waals surface area contributed by atoms with Crippen LogP contribution in [0.3, 0.4) is 0 Å². The number of fused-ring (bicyclic) bond motifs is 1. The standard InChI is InChI=1S/C27H24Cl2N2O6S2/c1-13(2)37-26(35)22-14(3)30-27-31(23(22)16-5-7-17(38-4)8-6-16)25(34)20(39-27)11-15-9-18(28)24(19(29)10-15)36-12-21(32)33/h5-11,13,23H,12H2,1-4H3,(H,32,33)/b20-11-/t23-/m0/s1. The van der Waals surface area contributed by atoms with Crippen LogP contribution in [0.4, 0.5) is 0 Å². The topological polar surface area (TPSA) is 107 Å². The zero-order valence-corrected chi connectivity index (χ0v) is 24.5. The van der Waals surface area contributed by atoms with Gasteiger partial charge in [0.25, 0.3) is 5.56 Å². The van der Waals surface area contributed by atoms with Crippen molar-refractivity contribution >= 4 is 64.3 Å². The summed E-state index contributed by atoms with van der Waals surface area (Å²) in [5.74, 6) is -1.66. The van der Waals surface area contributed by atoms with E-state index in [4.69, 9.17) is 37.8 Å². The molecule has 1 aromatic heterocycles. The largest absolute Gasteiger partial charge is 0.479 e. The monoisotopic (exact) mass is 606 g/mol. The van der Waals surface area contributed by atoms with Gasteiger partial charge in [0.2, 0.25) is 0 Å². The zero-order chi connectivity index (χ0) is 28.4. The van der Waals surface area contributed by atoms with E-state index in [2.05, 4.69) is 4.99 Å². The van der Waals surface area contributed by atoms with Gasteiger partial charge in [-0.3, -0.25) is 9.36 Å². The molecule has 4 rings (SSSR count). The number of aromatic nitrogens is 1. The number of ether oxygens (including phenoxy) is 2. The summed E-state index contributed by atoms with van der Waals surface area (Å²) in [6.07, 6.45) is 3.23. The van der Waals surface area contributed by atoms with Gasteiger partial charge in [-0.1, -0.05) is 46.7 Å². The molecule has 0 aliphatic carbocycles. The second-order valence-corrected chi connectivity index (χ2v) is 11.5. The van der Waals surface area contributed by atoms with Gasteiger partial charge in [0, 0.05) is 4.90 Å². The number of carbonyl (C=O) groups excluding carboxylic acids is 1. The van der Waals surface area contributed by atoms with Crippen LogP contribution in [0.1, 0.15) is 37.9 Å². The number of benzene rings is 2. The number of hydrogen-bond acceptors (Lipinski definition) is 8. The van der Waals surface area contributed by atoms with E-state index < -0.39 is 24.6 Å². The summed E-state index contributed by atoms with van der Waals surface area (Å²) in [5, 5.41) is 9.07. The Morgan fingerprint density at radius 3 is 2.41 bits per heavy atom. The van der Waals surface area contributed by atoms with Crippen LogP contribution in [0.25, 0.3) is 6.08 Å². The van der Waals surface area contributed by atoms with Crippen LogP contribution in [-0.4, -0.2) is 40.6 Å². The number of aliphatic carboxylic acids is 1. The summed E-state index contributed by atoms with van der Waals surface area (Å²) < 4.78 is 12.5. The minimum Gasteiger partial charge on any atom is -0.479 e. The first-order valence-corrected chi connectivity index (χ1v) is 14.5. The van der Waals surface area contributed by atoms with Gasteiger partial charge in [-0.2, -0.15) is 0 Å². The molecule has 0 spiro atoms. The van der Waals surface area contributed by atoms with Crippen LogP contribution >= 0.6 is 46.3 Å². The van der Waals surface area contributed by atoms with Crippen LogP contribution in [0.5, 0.6) is 5.75 Å². The minimum atomic E-state index is -1.17. The average molecular weight is 608 g/mol. The highest BCUT2D eigenvalue weighted by atomic mass is 35.5. The highest BCUT2D eigenvalue weighted by Crippen LogP contribution is 2.35. The van der Waals surface area contributed by atoms with Crippen molar-refractivity contribution in [1.82, 2.24) is 4.57 Å². The molecule has 2 aromatic carbocycles.